The zero-order valence-corrected chi connectivity index (χ0v) is 7.00. The van der Waals surface area contributed by atoms with Gasteiger partial charge in [0.05, 0.1) is 0 Å². The minimum absolute atomic E-state index is 0. The molecule has 0 aromatic carbocycles. The second kappa shape index (κ2) is 2.89. The first-order chi connectivity index (χ1) is 3.60. The molecule has 2 unspecified atom stereocenters. The van der Waals surface area contributed by atoms with Gasteiger partial charge >= 0.3 is 0 Å². The van der Waals surface area contributed by atoms with Crippen molar-refractivity contribution in [3.8, 4) is 0 Å². The molecule has 1 aliphatic carbocycles. The van der Waals surface area contributed by atoms with E-state index in [2.05, 4.69) is 13.8 Å². The van der Waals surface area contributed by atoms with E-state index in [-0.39, 0.29) is 17.9 Å². The van der Waals surface area contributed by atoms with Crippen LogP contribution in [0.4, 0.5) is 0 Å². The monoisotopic (exact) mass is 149 g/mol. The Labute approximate surface area is 63.4 Å². The lowest BCUT2D eigenvalue weighted by atomic mass is 10.0. The maximum atomic E-state index is 5.87. The molecular weight excluding hydrogens is 134 g/mol. The zero-order chi connectivity index (χ0) is 6.20. The van der Waals surface area contributed by atoms with Crippen molar-refractivity contribution in [2.75, 3.05) is 0 Å². The van der Waals surface area contributed by atoms with Crippen LogP contribution in [0.5, 0.6) is 0 Å². The molecule has 2 N–H and O–H groups in total. The van der Waals surface area contributed by atoms with Crippen molar-refractivity contribution < 1.29 is 0 Å². The van der Waals surface area contributed by atoms with Crippen LogP contribution in [0.1, 0.15) is 33.1 Å². The van der Waals surface area contributed by atoms with E-state index in [1.54, 1.807) is 0 Å². The highest BCUT2D eigenvalue weighted by molar-refractivity contribution is 5.85. The zero-order valence-electron chi connectivity index (χ0n) is 6.18. The number of halogens is 1. The van der Waals surface area contributed by atoms with Gasteiger partial charge in [-0.2, -0.15) is 0 Å². The van der Waals surface area contributed by atoms with Gasteiger partial charge in [-0.1, -0.05) is 6.92 Å². The van der Waals surface area contributed by atoms with Gasteiger partial charge in [0.25, 0.3) is 0 Å². The lowest BCUT2D eigenvalue weighted by Gasteiger charge is -2.15. The molecule has 0 aromatic heterocycles. The van der Waals surface area contributed by atoms with Crippen molar-refractivity contribution in [2.45, 2.75) is 38.6 Å². The molecule has 0 saturated heterocycles. The van der Waals surface area contributed by atoms with Crippen LogP contribution in [-0.4, -0.2) is 5.54 Å². The number of hydrogen-bond acceptors (Lipinski definition) is 1. The van der Waals surface area contributed by atoms with Gasteiger partial charge < -0.3 is 5.73 Å². The largest absolute Gasteiger partial charge is 0.325 e. The minimum Gasteiger partial charge on any atom is -0.325 e. The summed E-state index contributed by atoms with van der Waals surface area (Å²) in [5, 5.41) is 0. The first-order valence-corrected chi connectivity index (χ1v) is 3.39. The van der Waals surface area contributed by atoms with E-state index in [4.69, 9.17) is 5.73 Å². The molecular formula is C7H16ClN. The summed E-state index contributed by atoms with van der Waals surface area (Å²) in [6.45, 7) is 4.43. The summed E-state index contributed by atoms with van der Waals surface area (Å²) in [4.78, 5) is 0. The van der Waals surface area contributed by atoms with E-state index in [1.807, 2.05) is 0 Å². The molecule has 0 aliphatic heterocycles. The van der Waals surface area contributed by atoms with Crippen LogP contribution in [-0.2, 0) is 0 Å². The Balaban J connectivity index is 0.000000640. The highest BCUT2D eigenvalue weighted by Crippen LogP contribution is 2.31. The number of hydrogen-bond donors (Lipinski definition) is 1. The van der Waals surface area contributed by atoms with E-state index < -0.39 is 0 Å². The molecule has 0 spiro atoms. The Morgan fingerprint density at radius 1 is 1.56 bits per heavy atom. The summed E-state index contributed by atoms with van der Waals surface area (Å²) in [5.41, 5.74) is 6.03. The fourth-order valence-corrected chi connectivity index (χ4v) is 1.58. The average molecular weight is 150 g/mol. The Morgan fingerprint density at radius 2 is 2.11 bits per heavy atom. The smallest absolute Gasteiger partial charge is 0.0128 e. The Hall–Kier alpha value is 0.250. The normalized spacial score (nSPS) is 42.3. The molecule has 1 fully saturated rings. The molecule has 1 aliphatic rings. The molecule has 0 bridgehead atoms. The molecule has 56 valence electrons. The Bertz CT molecular complexity index is 90.9. The second-order valence-corrected chi connectivity index (χ2v) is 3.50. The second-order valence-electron chi connectivity index (χ2n) is 3.50. The van der Waals surface area contributed by atoms with Crippen LogP contribution in [0.15, 0.2) is 0 Å². The van der Waals surface area contributed by atoms with Crippen molar-refractivity contribution in [2.24, 2.45) is 11.7 Å². The van der Waals surface area contributed by atoms with Gasteiger partial charge in [0, 0.05) is 5.54 Å². The van der Waals surface area contributed by atoms with Crippen molar-refractivity contribution in [3.63, 3.8) is 0 Å². The van der Waals surface area contributed by atoms with Crippen LogP contribution in [0.25, 0.3) is 0 Å². The van der Waals surface area contributed by atoms with Crippen molar-refractivity contribution in [1.29, 1.82) is 0 Å². The van der Waals surface area contributed by atoms with Crippen molar-refractivity contribution >= 4 is 12.4 Å². The van der Waals surface area contributed by atoms with E-state index in [0.717, 1.165) is 5.92 Å². The highest BCUT2D eigenvalue weighted by atomic mass is 35.5. The van der Waals surface area contributed by atoms with Gasteiger partial charge in [-0.15, -0.1) is 12.4 Å². The summed E-state index contributed by atoms with van der Waals surface area (Å²) in [6, 6.07) is 0. The third kappa shape index (κ3) is 2.55. The summed E-state index contributed by atoms with van der Waals surface area (Å²) in [5.74, 6) is 0.866. The fraction of sp³-hybridized carbons (Fsp3) is 1.00. The predicted molar refractivity (Wildman–Crippen MR) is 42.9 cm³/mol. The number of rotatable bonds is 0. The third-order valence-corrected chi connectivity index (χ3v) is 2.02. The highest BCUT2D eigenvalue weighted by Gasteiger charge is 2.28. The Kier molecular flexibility index (Phi) is 2.97. The van der Waals surface area contributed by atoms with Crippen molar-refractivity contribution in [3.05, 3.63) is 0 Å². The molecule has 0 radical (unpaired) electrons. The van der Waals surface area contributed by atoms with Gasteiger partial charge in [-0.3, -0.25) is 0 Å². The van der Waals surface area contributed by atoms with Crippen LogP contribution in [0.3, 0.4) is 0 Å². The Morgan fingerprint density at radius 3 is 2.22 bits per heavy atom. The van der Waals surface area contributed by atoms with E-state index >= 15 is 0 Å². The molecule has 0 amide bonds. The third-order valence-electron chi connectivity index (χ3n) is 2.02. The molecule has 1 nitrogen and oxygen atoms in total. The van der Waals surface area contributed by atoms with Crippen LogP contribution >= 0.6 is 12.4 Å². The SMILES string of the molecule is CC1CCC(C)(N)C1.Cl. The first-order valence-electron chi connectivity index (χ1n) is 3.39. The van der Waals surface area contributed by atoms with Crippen LogP contribution in [0.2, 0.25) is 0 Å². The van der Waals surface area contributed by atoms with E-state index in [0.29, 0.717) is 0 Å². The quantitative estimate of drug-likeness (QED) is 0.560. The van der Waals surface area contributed by atoms with Gasteiger partial charge in [-0.25, -0.2) is 0 Å². The predicted octanol–water partition coefficient (Wildman–Crippen LogP) is 1.95. The standard InChI is InChI=1S/C7H15N.ClH/c1-6-3-4-7(2,8)5-6;/h6H,3-5,8H2,1-2H3;1H. The molecule has 0 heterocycles. The maximum Gasteiger partial charge on any atom is 0.0128 e. The minimum atomic E-state index is 0. The van der Waals surface area contributed by atoms with Crippen molar-refractivity contribution in [1.82, 2.24) is 0 Å². The molecule has 1 rings (SSSR count). The number of nitrogens with two attached hydrogens (primary N) is 1. The van der Waals surface area contributed by atoms with Gasteiger partial charge in [-0.05, 0) is 32.1 Å². The summed E-state index contributed by atoms with van der Waals surface area (Å²) < 4.78 is 0. The van der Waals surface area contributed by atoms with E-state index in [9.17, 15) is 0 Å². The van der Waals surface area contributed by atoms with Gasteiger partial charge in [0.1, 0.15) is 0 Å². The fourth-order valence-electron chi connectivity index (χ4n) is 1.58. The van der Waals surface area contributed by atoms with Crippen LogP contribution < -0.4 is 5.73 Å². The maximum absolute atomic E-state index is 5.87. The van der Waals surface area contributed by atoms with Crippen LogP contribution in [0, 0.1) is 5.92 Å². The van der Waals surface area contributed by atoms with Gasteiger partial charge in [0.15, 0.2) is 0 Å². The first kappa shape index (κ1) is 9.25. The molecule has 2 atom stereocenters. The lowest BCUT2D eigenvalue weighted by molar-refractivity contribution is 0.464. The van der Waals surface area contributed by atoms with E-state index in [1.165, 1.54) is 19.3 Å². The topological polar surface area (TPSA) is 26.0 Å². The molecule has 9 heavy (non-hydrogen) atoms. The summed E-state index contributed by atoms with van der Waals surface area (Å²) in [6.07, 6.45) is 3.76. The molecule has 1 saturated carbocycles. The summed E-state index contributed by atoms with van der Waals surface area (Å²) in [7, 11) is 0. The summed E-state index contributed by atoms with van der Waals surface area (Å²) >= 11 is 0. The lowest BCUT2D eigenvalue weighted by Crippen LogP contribution is -2.32. The molecule has 2 heteroatoms. The van der Waals surface area contributed by atoms with Gasteiger partial charge in [0.2, 0.25) is 0 Å². The average Bonchev–Trinajstić information content (AvgIpc) is 1.82. The molecule has 0 aromatic rings.